The highest BCUT2D eigenvalue weighted by molar-refractivity contribution is 6.07. The maximum Gasteiger partial charge on any atom is 0.322 e. The summed E-state index contributed by atoms with van der Waals surface area (Å²) in [4.78, 5) is 51.2. The third-order valence-electron chi connectivity index (χ3n) is 6.64. The zero-order chi connectivity index (χ0) is 23.3. The van der Waals surface area contributed by atoms with Gasteiger partial charge in [0.05, 0.1) is 0 Å². The highest BCUT2D eigenvalue weighted by atomic mass is 16.2. The fourth-order valence-electron chi connectivity index (χ4n) is 4.91. The first-order valence-corrected chi connectivity index (χ1v) is 11.5. The van der Waals surface area contributed by atoms with Gasteiger partial charge in [-0.15, -0.1) is 0 Å². The maximum absolute atomic E-state index is 13.0. The van der Waals surface area contributed by atoms with Gasteiger partial charge in [0.15, 0.2) is 0 Å². The van der Waals surface area contributed by atoms with E-state index in [-0.39, 0.29) is 29.6 Å². The number of carbonyl (C=O) groups is 4. The lowest BCUT2D eigenvalue weighted by Gasteiger charge is -2.41. The summed E-state index contributed by atoms with van der Waals surface area (Å²) in [5.41, 5.74) is 0.265. The van der Waals surface area contributed by atoms with Crippen LogP contribution >= 0.6 is 0 Å². The van der Waals surface area contributed by atoms with Crippen LogP contribution in [-0.4, -0.2) is 53.3 Å². The van der Waals surface area contributed by atoms with Crippen LogP contribution in [0.5, 0.6) is 0 Å². The Labute approximate surface area is 189 Å². The zero-order valence-corrected chi connectivity index (χ0v) is 19.1. The first kappa shape index (κ1) is 23.8. The van der Waals surface area contributed by atoms with Crippen LogP contribution in [0.15, 0.2) is 30.3 Å². The molecule has 0 aliphatic carbocycles. The van der Waals surface area contributed by atoms with E-state index < -0.39 is 17.6 Å². The van der Waals surface area contributed by atoms with E-state index in [4.69, 9.17) is 0 Å². The molecule has 8 heteroatoms. The average molecular weight is 443 g/mol. The summed E-state index contributed by atoms with van der Waals surface area (Å²) in [6.45, 7) is 6.22. The third kappa shape index (κ3) is 5.29. The van der Waals surface area contributed by atoms with Gasteiger partial charge in [-0.25, -0.2) is 4.79 Å². The Bertz CT molecular complexity index is 849. The van der Waals surface area contributed by atoms with Crippen molar-refractivity contribution in [2.45, 2.75) is 64.5 Å². The molecule has 3 rings (SSSR count). The molecule has 3 N–H and O–H groups in total. The van der Waals surface area contributed by atoms with Gasteiger partial charge in [-0.1, -0.05) is 44.2 Å². The number of nitrogens with one attached hydrogen (secondary N) is 3. The smallest absolute Gasteiger partial charge is 0.322 e. The maximum atomic E-state index is 13.0. The molecule has 8 nitrogen and oxygen atoms in total. The quantitative estimate of drug-likeness (QED) is 0.535. The predicted molar refractivity (Wildman–Crippen MR) is 121 cm³/mol. The largest absolute Gasteiger partial charge is 0.344 e. The van der Waals surface area contributed by atoms with E-state index >= 15 is 0 Å². The number of piperidine rings is 1. The van der Waals surface area contributed by atoms with Crippen LogP contribution in [0.1, 0.15) is 52.0 Å². The van der Waals surface area contributed by atoms with Crippen LogP contribution < -0.4 is 16.0 Å². The number of hydrogen-bond donors (Lipinski definition) is 3. The molecule has 0 radical (unpaired) electrons. The van der Waals surface area contributed by atoms with Crippen LogP contribution in [0, 0.1) is 11.8 Å². The second-order valence-corrected chi connectivity index (χ2v) is 9.24. The normalized spacial score (nSPS) is 22.4. The van der Waals surface area contributed by atoms with E-state index in [2.05, 4.69) is 28.1 Å². The molecule has 2 fully saturated rings. The lowest BCUT2D eigenvalue weighted by Crippen LogP contribution is -2.58. The molecule has 0 saturated carbocycles. The van der Waals surface area contributed by atoms with Gasteiger partial charge in [0.1, 0.15) is 11.6 Å². The topological polar surface area (TPSA) is 108 Å². The van der Waals surface area contributed by atoms with Gasteiger partial charge in [-0.2, -0.15) is 0 Å². The first-order chi connectivity index (χ1) is 15.2. The molecule has 0 aromatic heterocycles. The number of benzene rings is 1. The number of aryl methyl sites for hydroxylation is 1. The minimum Gasteiger partial charge on any atom is -0.344 e. The van der Waals surface area contributed by atoms with Gasteiger partial charge in [0.2, 0.25) is 11.8 Å². The number of nitrogens with zero attached hydrogens (tertiary/aromatic N) is 1. The standard InChI is InChI=1S/C24H34N4O4/c1-16(2)20(25-17(3)29)21(30)28-14-11-19(12-15-28)24(22(31)26-23(32)27-24)13-7-10-18-8-5-4-6-9-18/h4-6,8-9,16,19-20H,7,10-15H2,1-3H3,(H,25,29)(H2,26,27,31,32)/t20-,24-/m0/s1. The van der Waals surface area contributed by atoms with Crippen molar-refractivity contribution in [2.75, 3.05) is 13.1 Å². The molecule has 2 heterocycles. The number of carbonyl (C=O) groups excluding carboxylic acids is 4. The molecule has 1 aromatic carbocycles. The molecule has 32 heavy (non-hydrogen) atoms. The molecule has 2 aliphatic rings. The summed E-state index contributed by atoms with van der Waals surface area (Å²) in [5, 5.41) is 8.10. The number of amides is 5. The van der Waals surface area contributed by atoms with Gasteiger partial charge in [-0.05, 0) is 49.5 Å². The van der Waals surface area contributed by atoms with E-state index in [1.807, 2.05) is 32.0 Å². The Hall–Kier alpha value is -2.90. The van der Waals surface area contributed by atoms with E-state index in [1.54, 1.807) is 4.90 Å². The van der Waals surface area contributed by atoms with Gasteiger partial charge in [-0.3, -0.25) is 19.7 Å². The van der Waals surface area contributed by atoms with Crippen molar-refractivity contribution in [3.05, 3.63) is 35.9 Å². The Morgan fingerprint density at radius 1 is 1.16 bits per heavy atom. The van der Waals surface area contributed by atoms with E-state index in [9.17, 15) is 19.2 Å². The van der Waals surface area contributed by atoms with Crippen molar-refractivity contribution in [3.8, 4) is 0 Å². The molecule has 0 unspecified atom stereocenters. The van der Waals surface area contributed by atoms with Crippen molar-refractivity contribution in [1.29, 1.82) is 0 Å². The highest BCUT2D eigenvalue weighted by Gasteiger charge is 2.52. The van der Waals surface area contributed by atoms with Crippen LogP contribution in [0.3, 0.4) is 0 Å². The SMILES string of the molecule is CC(=O)N[C@H](C(=O)N1CCC([C@]2(CCCc3ccccc3)NC(=O)NC2=O)CC1)C(C)C. The Morgan fingerprint density at radius 3 is 2.34 bits per heavy atom. The van der Waals surface area contributed by atoms with Gasteiger partial charge in [0, 0.05) is 20.0 Å². The Morgan fingerprint density at radius 2 is 1.81 bits per heavy atom. The summed E-state index contributed by atoms with van der Waals surface area (Å²) in [6, 6.07) is 9.08. The average Bonchev–Trinajstić information content (AvgIpc) is 3.06. The predicted octanol–water partition coefficient (Wildman–Crippen LogP) is 1.99. The minimum absolute atomic E-state index is 0.0200. The number of hydrogen-bond acceptors (Lipinski definition) is 4. The Balaban J connectivity index is 1.65. The molecular formula is C24H34N4O4. The molecular weight excluding hydrogens is 408 g/mol. The van der Waals surface area contributed by atoms with Crippen molar-refractivity contribution < 1.29 is 19.2 Å². The zero-order valence-electron chi connectivity index (χ0n) is 19.1. The molecule has 2 atom stereocenters. The lowest BCUT2D eigenvalue weighted by atomic mass is 9.74. The number of likely N-dealkylation sites (tertiary alicyclic amines) is 1. The first-order valence-electron chi connectivity index (χ1n) is 11.5. The molecule has 1 aromatic rings. The molecule has 2 saturated heterocycles. The lowest BCUT2D eigenvalue weighted by molar-refractivity contribution is -0.139. The second kappa shape index (κ2) is 10.1. The summed E-state index contributed by atoms with van der Waals surface area (Å²) in [7, 11) is 0. The van der Waals surface area contributed by atoms with Crippen LogP contribution in [-0.2, 0) is 20.8 Å². The van der Waals surface area contributed by atoms with Crippen molar-refractivity contribution in [2.24, 2.45) is 11.8 Å². The fraction of sp³-hybridized carbons (Fsp3) is 0.583. The van der Waals surface area contributed by atoms with Gasteiger partial charge >= 0.3 is 6.03 Å². The molecule has 0 bridgehead atoms. The van der Waals surface area contributed by atoms with Crippen LogP contribution in [0.2, 0.25) is 0 Å². The van der Waals surface area contributed by atoms with E-state index in [0.29, 0.717) is 32.4 Å². The van der Waals surface area contributed by atoms with Crippen molar-refractivity contribution in [3.63, 3.8) is 0 Å². The third-order valence-corrected chi connectivity index (χ3v) is 6.64. The highest BCUT2D eigenvalue weighted by Crippen LogP contribution is 2.35. The molecule has 0 spiro atoms. The van der Waals surface area contributed by atoms with Crippen molar-refractivity contribution in [1.82, 2.24) is 20.9 Å². The summed E-state index contributed by atoms with van der Waals surface area (Å²) in [5.74, 6) is -0.652. The number of urea groups is 1. The minimum atomic E-state index is -0.934. The molecule has 5 amide bonds. The van der Waals surface area contributed by atoms with E-state index in [1.165, 1.54) is 12.5 Å². The summed E-state index contributed by atoms with van der Waals surface area (Å²) < 4.78 is 0. The van der Waals surface area contributed by atoms with Gasteiger partial charge in [0.25, 0.3) is 5.91 Å². The van der Waals surface area contributed by atoms with Crippen molar-refractivity contribution >= 4 is 23.8 Å². The Kier molecular flexibility index (Phi) is 7.53. The molecule has 2 aliphatic heterocycles. The monoisotopic (exact) mass is 442 g/mol. The number of rotatable bonds is 8. The summed E-state index contributed by atoms with van der Waals surface area (Å²) in [6.07, 6.45) is 3.40. The number of imide groups is 1. The molecule has 174 valence electrons. The van der Waals surface area contributed by atoms with E-state index in [0.717, 1.165) is 12.8 Å². The fourth-order valence-corrected chi connectivity index (χ4v) is 4.91. The van der Waals surface area contributed by atoms with Gasteiger partial charge < -0.3 is 15.5 Å². The second-order valence-electron chi connectivity index (χ2n) is 9.24. The van der Waals surface area contributed by atoms with Crippen LogP contribution in [0.4, 0.5) is 4.79 Å². The van der Waals surface area contributed by atoms with Crippen LogP contribution in [0.25, 0.3) is 0 Å². The summed E-state index contributed by atoms with van der Waals surface area (Å²) >= 11 is 0.